The van der Waals surface area contributed by atoms with Crippen molar-refractivity contribution in [1.29, 1.82) is 5.26 Å². The number of carbonyl (C=O) groups excluding carboxylic acids is 2. The number of hydrogen-bond donors (Lipinski definition) is 1. The SMILES string of the molecule is CC(C)(C)NC(=O)COC(=O)c1ccc(C#N)cc1. The zero-order chi connectivity index (χ0) is 14.5. The molecule has 0 saturated carbocycles. The maximum absolute atomic E-state index is 11.6. The molecule has 0 unspecified atom stereocenters. The third-order valence-electron chi connectivity index (χ3n) is 2.10. The van der Waals surface area contributed by atoms with Crippen molar-refractivity contribution in [1.82, 2.24) is 5.32 Å². The van der Waals surface area contributed by atoms with E-state index < -0.39 is 5.97 Å². The molecule has 0 aliphatic carbocycles. The van der Waals surface area contributed by atoms with Crippen LogP contribution in [0.2, 0.25) is 0 Å². The van der Waals surface area contributed by atoms with Crippen molar-refractivity contribution in [2.45, 2.75) is 26.3 Å². The summed E-state index contributed by atoms with van der Waals surface area (Å²) < 4.78 is 4.88. The minimum absolute atomic E-state index is 0.308. The Balaban J connectivity index is 2.51. The lowest BCUT2D eigenvalue weighted by Crippen LogP contribution is -2.42. The molecule has 5 heteroatoms. The number of amides is 1. The van der Waals surface area contributed by atoms with E-state index in [0.717, 1.165) is 0 Å². The van der Waals surface area contributed by atoms with E-state index in [1.54, 1.807) is 0 Å². The molecular weight excluding hydrogens is 244 g/mol. The van der Waals surface area contributed by atoms with Gasteiger partial charge in [-0.25, -0.2) is 4.79 Å². The second kappa shape index (κ2) is 6.01. The summed E-state index contributed by atoms with van der Waals surface area (Å²) in [6.45, 7) is 5.20. The van der Waals surface area contributed by atoms with Gasteiger partial charge >= 0.3 is 5.97 Å². The lowest BCUT2D eigenvalue weighted by Gasteiger charge is -2.20. The van der Waals surface area contributed by atoms with Crippen LogP contribution in [0.4, 0.5) is 0 Å². The highest BCUT2D eigenvalue weighted by Crippen LogP contribution is 2.05. The summed E-state index contributed by atoms with van der Waals surface area (Å²) in [6, 6.07) is 7.97. The number of ether oxygens (including phenoxy) is 1. The number of rotatable bonds is 3. The van der Waals surface area contributed by atoms with Crippen molar-refractivity contribution in [2.75, 3.05) is 6.61 Å². The van der Waals surface area contributed by atoms with E-state index in [1.807, 2.05) is 26.8 Å². The van der Waals surface area contributed by atoms with Gasteiger partial charge in [0.2, 0.25) is 0 Å². The van der Waals surface area contributed by atoms with Crippen LogP contribution in [0.1, 0.15) is 36.7 Å². The Kier molecular flexibility index (Phi) is 4.65. The van der Waals surface area contributed by atoms with Crippen LogP contribution in [-0.2, 0) is 9.53 Å². The first-order valence-corrected chi connectivity index (χ1v) is 5.80. The van der Waals surface area contributed by atoms with E-state index in [4.69, 9.17) is 10.00 Å². The Morgan fingerprint density at radius 1 is 1.26 bits per heavy atom. The third kappa shape index (κ3) is 5.21. The van der Waals surface area contributed by atoms with E-state index in [9.17, 15) is 9.59 Å². The summed E-state index contributed by atoms with van der Waals surface area (Å²) in [6.07, 6.45) is 0. The summed E-state index contributed by atoms with van der Waals surface area (Å²) in [4.78, 5) is 23.1. The van der Waals surface area contributed by atoms with Crippen LogP contribution in [-0.4, -0.2) is 24.0 Å². The monoisotopic (exact) mass is 260 g/mol. The van der Waals surface area contributed by atoms with Crippen molar-refractivity contribution < 1.29 is 14.3 Å². The third-order valence-corrected chi connectivity index (χ3v) is 2.10. The number of carbonyl (C=O) groups is 2. The zero-order valence-electron chi connectivity index (χ0n) is 11.2. The normalized spacial score (nSPS) is 10.4. The summed E-state index contributed by atoms with van der Waals surface area (Å²) in [5.41, 5.74) is 0.405. The van der Waals surface area contributed by atoms with Gasteiger partial charge in [-0.15, -0.1) is 0 Å². The minimum Gasteiger partial charge on any atom is -0.452 e. The number of nitrogens with one attached hydrogen (secondary N) is 1. The maximum atomic E-state index is 11.6. The fourth-order valence-electron chi connectivity index (χ4n) is 1.35. The number of esters is 1. The van der Waals surface area contributed by atoms with Crippen LogP contribution >= 0.6 is 0 Å². The smallest absolute Gasteiger partial charge is 0.338 e. The summed E-state index contributed by atoms with van der Waals surface area (Å²) >= 11 is 0. The highest BCUT2D eigenvalue weighted by Gasteiger charge is 2.15. The molecule has 0 aliphatic heterocycles. The van der Waals surface area contributed by atoms with E-state index >= 15 is 0 Å². The predicted molar refractivity (Wildman–Crippen MR) is 69.3 cm³/mol. The lowest BCUT2D eigenvalue weighted by atomic mass is 10.1. The zero-order valence-corrected chi connectivity index (χ0v) is 11.2. The van der Waals surface area contributed by atoms with E-state index in [-0.39, 0.29) is 18.1 Å². The van der Waals surface area contributed by atoms with Crippen LogP contribution in [0.25, 0.3) is 0 Å². The molecule has 0 radical (unpaired) electrons. The molecule has 0 aliphatic rings. The van der Waals surface area contributed by atoms with Crippen molar-refractivity contribution in [3.8, 4) is 6.07 Å². The first-order valence-electron chi connectivity index (χ1n) is 5.80. The Bertz CT molecular complexity index is 507. The van der Waals surface area contributed by atoms with Crippen LogP contribution in [0.15, 0.2) is 24.3 Å². The molecule has 0 saturated heterocycles. The van der Waals surface area contributed by atoms with E-state index in [1.165, 1.54) is 24.3 Å². The molecule has 1 aromatic rings. The molecule has 0 fully saturated rings. The molecule has 19 heavy (non-hydrogen) atoms. The molecule has 1 rings (SSSR count). The first-order chi connectivity index (χ1) is 8.81. The van der Waals surface area contributed by atoms with Gasteiger partial charge in [0.25, 0.3) is 5.91 Å². The van der Waals surface area contributed by atoms with Crippen LogP contribution < -0.4 is 5.32 Å². The predicted octanol–water partition coefficient (Wildman–Crippen LogP) is 1.63. The molecule has 0 atom stereocenters. The number of benzene rings is 1. The van der Waals surface area contributed by atoms with Gasteiger partial charge in [-0.3, -0.25) is 4.79 Å². The minimum atomic E-state index is -0.589. The highest BCUT2D eigenvalue weighted by molar-refractivity contribution is 5.91. The van der Waals surface area contributed by atoms with Gasteiger partial charge in [-0.05, 0) is 45.0 Å². The molecule has 100 valence electrons. The van der Waals surface area contributed by atoms with Crippen LogP contribution in [0.3, 0.4) is 0 Å². The highest BCUT2D eigenvalue weighted by atomic mass is 16.5. The second-order valence-electron chi connectivity index (χ2n) is 5.06. The van der Waals surface area contributed by atoms with Crippen molar-refractivity contribution >= 4 is 11.9 Å². The molecule has 0 aromatic heterocycles. The maximum Gasteiger partial charge on any atom is 0.338 e. The van der Waals surface area contributed by atoms with Crippen molar-refractivity contribution in [3.05, 3.63) is 35.4 Å². The number of hydrogen-bond acceptors (Lipinski definition) is 4. The molecule has 1 aromatic carbocycles. The van der Waals surface area contributed by atoms with Crippen molar-refractivity contribution in [2.24, 2.45) is 0 Å². The number of nitrogens with zero attached hydrogens (tertiary/aromatic N) is 1. The average molecular weight is 260 g/mol. The summed E-state index contributed by atoms with van der Waals surface area (Å²) in [7, 11) is 0. The average Bonchev–Trinajstić information content (AvgIpc) is 2.34. The van der Waals surface area contributed by atoms with E-state index in [0.29, 0.717) is 11.1 Å². The molecule has 0 spiro atoms. The van der Waals surface area contributed by atoms with E-state index in [2.05, 4.69) is 5.32 Å². The number of nitriles is 1. The Hall–Kier alpha value is -2.35. The quantitative estimate of drug-likeness (QED) is 0.838. The van der Waals surface area contributed by atoms with Gasteiger partial charge in [0.15, 0.2) is 6.61 Å². The van der Waals surface area contributed by atoms with Gasteiger partial charge in [0.05, 0.1) is 17.2 Å². The molecule has 1 N–H and O–H groups in total. The molecule has 1 amide bonds. The van der Waals surface area contributed by atoms with Gasteiger partial charge in [-0.1, -0.05) is 0 Å². The summed E-state index contributed by atoms with van der Waals surface area (Å²) in [5, 5.41) is 11.3. The first kappa shape index (κ1) is 14.7. The van der Waals surface area contributed by atoms with Crippen molar-refractivity contribution in [3.63, 3.8) is 0 Å². The molecular formula is C14H16N2O3. The van der Waals surface area contributed by atoms with Gasteiger partial charge in [0, 0.05) is 5.54 Å². The molecule has 0 bridgehead atoms. The second-order valence-corrected chi connectivity index (χ2v) is 5.06. The topological polar surface area (TPSA) is 79.2 Å². The van der Waals surface area contributed by atoms with Gasteiger partial charge < -0.3 is 10.1 Å². The van der Waals surface area contributed by atoms with Crippen LogP contribution in [0.5, 0.6) is 0 Å². The standard InChI is InChI=1S/C14H16N2O3/c1-14(2,3)16-12(17)9-19-13(18)11-6-4-10(8-15)5-7-11/h4-7H,9H2,1-3H3,(H,16,17). The molecule has 0 heterocycles. The Morgan fingerprint density at radius 3 is 2.32 bits per heavy atom. The van der Waals surface area contributed by atoms with Crippen LogP contribution in [0, 0.1) is 11.3 Å². The fraction of sp³-hybridized carbons (Fsp3) is 0.357. The Labute approximate surface area is 112 Å². The fourth-order valence-corrected chi connectivity index (χ4v) is 1.35. The van der Waals surface area contributed by atoms with Gasteiger partial charge in [0.1, 0.15) is 0 Å². The molecule has 5 nitrogen and oxygen atoms in total. The largest absolute Gasteiger partial charge is 0.452 e. The Morgan fingerprint density at radius 2 is 1.84 bits per heavy atom. The lowest BCUT2D eigenvalue weighted by molar-refractivity contribution is -0.125. The van der Waals surface area contributed by atoms with Gasteiger partial charge in [-0.2, -0.15) is 5.26 Å². The summed E-state index contributed by atoms with van der Waals surface area (Å²) in [5.74, 6) is -0.942.